The molecule has 0 aliphatic rings. The zero-order valence-electron chi connectivity index (χ0n) is 12.4. The number of rotatable bonds is 5. The van der Waals surface area contributed by atoms with Crippen molar-refractivity contribution < 1.29 is 14.0 Å². The van der Waals surface area contributed by atoms with Crippen LogP contribution in [0.5, 0.6) is 0 Å². The third kappa shape index (κ3) is 3.91. The number of nitrogens with one attached hydrogen (secondary N) is 2. The van der Waals surface area contributed by atoms with Crippen molar-refractivity contribution in [3.8, 4) is 0 Å². The van der Waals surface area contributed by atoms with Crippen LogP contribution in [0.1, 0.15) is 24.2 Å². The topological polar surface area (TPSA) is 58.2 Å². The van der Waals surface area contributed by atoms with E-state index in [1.54, 1.807) is 49.4 Å². The van der Waals surface area contributed by atoms with Gasteiger partial charge < -0.3 is 10.6 Å². The van der Waals surface area contributed by atoms with Gasteiger partial charge in [0.2, 0.25) is 5.91 Å². The number of ketones is 1. The number of hydrogen-bond donors (Lipinski definition) is 2. The Labute approximate surface area is 128 Å². The van der Waals surface area contributed by atoms with Gasteiger partial charge in [-0.05, 0) is 50.2 Å². The largest absolute Gasteiger partial charge is 0.372 e. The fourth-order valence-electron chi connectivity index (χ4n) is 1.92. The fourth-order valence-corrected chi connectivity index (χ4v) is 1.92. The van der Waals surface area contributed by atoms with E-state index in [0.717, 1.165) is 0 Å². The van der Waals surface area contributed by atoms with Gasteiger partial charge in [-0.15, -0.1) is 0 Å². The van der Waals surface area contributed by atoms with E-state index in [1.165, 1.54) is 13.0 Å². The number of carbonyl (C=O) groups excluding carboxylic acids is 2. The maximum Gasteiger partial charge on any atom is 0.246 e. The molecule has 0 heterocycles. The lowest BCUT2D eigenvalue weighted by Gasteiger charge is -2.15. The lowest BCUT2D eigenvalue weighted by atomic mass is 10.1. The zero-order valence-corrected chi connectivity index (χ0v) is 12.4. The van der Waals surface area contributed by atoms with Crippen LogP contribution in [0.2, 0.25) is 0 Å². The van der Waals surface area contributed by atoms with Gasteiger partial charge in [0.1, 0.15) is 11.9 Å². The van der Waals surface area contributed by atoms with Crippen LogP contribution in [-0.4, -0.2) is 17.7 Å². The number of halogens is 1. The van der Waals surface area contributed by atoms with E-state index < -0.39 is 11.9 Å². The van der Waals surface area contributed by atoms with E-state index in [1.807, 2.05) is 0 Å². The molecule has 114 valence electrons. The van der Waals surface area contributed by atoms with E-state index >= 15 is 0 Å². The van der Waals surface area contributed by atoms with E-state index in [-0.39, 0.29) is 17.4 Å². The van der Waals surface area contributed by atoms with Crippen molar-refractivity contribution in [3.05, 3.63) is 59.9 Å². The minimum Gasteiger partial charge on any atom is -0.372 e. The van der Waals surface area contributed by atoms with Crippen LogP contribution in [0.15, 0.2) is 48.5 Å². The van der Waals surface area contributed by atoms with Crippen LogP contribution in [0, 0.1) is 5.82 Å². The minimum absolute atomic E-state index is 0.0348. The summed E-state index contributed by atoms with van der Waals surface area (Å²) < 4.78 is 13.5. The Morgan fingerprint density at radius 2 is 1.68 bits per heavy atom. The first-order valence-corrected chi connectivity index (χ1v) is 6.90. The van der Waals surface area contributed by atoms with Gasteiger partial charge >= 0.3 is 0 Å². The molecule has 2 aromatic carbocycles. The molecule has 4 nitrogen and oxygen atoms in total. The minimum atomic E-state index is -0.607. The molecule has 1 atom stereocenters. The summed E-state index contributed by atoms with van der Waals surface area (Å²) in [4.78, 5) is 23.3. The van der Waals surface area contributed by atoms with Gasteiger partial charge in [0.05, 0.1) is 5.69 Å². The predicted octanol–water partition coefficient (Wildman–Crippen LogP) is 3.47. The van der Waals surface area contributed by atoms with Crippen molar-refractivity contribution >= 4 is 23.1 Å². The lowest BCUT2D eigenvalue weighted by Crippen LogP contribution is -2.32. The van der Waals surface area contributed by atoms with Crippen LogP contribution in [-0.2, 0) is 4.79 Å². The van der Waals surface area contributed by atoms with Crippen molar-refractivity contribution in [1.82, 2.24) is 0 Å². The quantitative estimate of drug-likeness (QED) is 0.831. The third-order valence-electron chi connectivity index (χ3n) is 3.20. The van der Waals surface area contributed by atoms with Gasteiger partial charge in [-0.1, -0.05) is 12.1 Å². The Kier molecular flexibility index (Phi) is 4.88. The molecule has 0 saturated carbocycles. The lowest BCUT2D eigenvalue weighted by molar-refractivity contribution is -0.116. The molecule has 0 saturated heterocycles. The number of hydrogen-bond acceptors (Lipinski definition) is 3. The molecule has 2 N–H and O–H groups in total. The maximum atomic E-state index is 13.5. The van der Waals surface area contributed by atoms with Gasteiger partial charge in [-0.2, -0.15) is 0 Å². The number of benzene rings is 2. The van der Waals surface area contributed by atoms with Crippen molar-refractivity contribution in [2.75, 3.05) is 10.6 Å². The zero-order chi connectivity index (χ0) is 16.1. The Morgan fingerprint density at radius 3 is 2.27 bits per heavy atom. The van der Waals surface area contributed by atoms with Gasteiger partial charge in [0.25, 0.3) is 0 Å². The highest BCUT2D eigenvalue weighted by atomic mass is 19.1. The molecule has 0 unspecified atom stereocenters. The van der Waals surface area contributed by atoms with Crippen LogP contribution in [0.25, 0.3) is 0 Å². The molecule has 1 amide bonds. The van der Waals surface area contributed by atoms with E-state index in [9.17, 15) is 14.0 Å². The number of para-hydroxylation sites is 1. The van der Waals surface area contributed by atoms with E-state index in [0.29, 0.717) is 11.3 Å². The molecule has 0 aliphatic heterocycles. The average Bonchev–Trinajstić information content (AvgIpc) is 2.50. The first-order valence-electron chi connectivity index (χ1n) is 6.90. The van der Waals surface area contributed by atoms with Crippen LogP contribution < -0.4 is 10.6 Å². The highest BCUT2D eigenvalue weighted by molar-refractivity contribution is 5.97. The van der Waals surface area contributed by atoms with Crippen LogP contribution >= 0.6 is 0 Å². The SMILES string of the molecule is CC(=O)c1ccc(NC(=O)[C@H](C)Nc2ccccc2F)cc1. The Hall–Kier alpha value is -2.69. The molecular formula is C17H17FN2O2. The highest BCUT2D eigenvalue weighted by Crippen LogP contribution is 2.15. The van der Waals surface area contributed by atoms with Gasteiger partial charge in [0, 0.05) is 11.3 Å². The summed E-state index contributed by atoms with van der Waals surface area (Å²) in [5.41, 5.74) is 1.43. The molecule has 0 radical (unpaired) electrons. The summed E-state index contributed by atoms with van der Waals surface area (Å²) in [6, 6.07) is 12.2. The number of anilines is 2. The van der Waals surface area contributed by atoms with Gasteiger partial charge in [-0.25, -0.2) is 4.39 Å². The molecule has 0 aliphatic carbocycles. The molecule has 5 heteroatoms. The first-order chi connectivity index (χ1) is 10.5. The molecule has 0 bridgehead atoms. The summed E-state index contributed by atoms with van der Waals surface area (Å²) in [5.74, 6) is -0.737. The molecule has 0 fully saturated rings. The van der Waals surface area contributed by atoms with E-state index in [2.05, 4.69) is 10.6 Å². The summed E-state index contributed by atoms with van der Waals surface area (Å²) in [6.07, 6.45) is 0. The van der Waals surface area contributed by atoms with Crippen molar-refractivity contribution in [1.29, 1.82) is 0 Å². The monoisotopic (exact) mass is 300 g/mol. The normalized spacial score (nSPS) is 11.6. The highest BCUT2D eigenvalue weighted by Gasteiger charge is 2.14. The van der Waals surface area contributed by atoms with Crippen molar-refractivity contribution in [3.63, 3.8) is 0 Å². The second-order valence-corrected chi connectivity index (χ2v) is 4.97. The Balaban J connectivity index is 1.99. The molecular weight excluding hydrogens is 283 g/mol. The Bertz CT molecular complexity index is 683. The second-order valence-electron chi connectivity index (χ2n) is 4.97. The summed E-state index contributed by atoms with van der Waals surface area (Å²) in [5, 5.41) is 5.53. The number of amides is 1. The molecule has 0 aromatic heterocycles. The number of carbonyl (C=O) groups is 2. The molecule has 2 aromatic rings. The maximum absolute atomic E-state index is 13.5. The summed E-state index contributed by atoms with van der Waals surface area (Å²) in [7, 11) is 0. The standard InChI is InChI=1S/C17H17FN2O2/c1-11(19-16-6-4-3-5-15(16)18)17(22)20-14-9-7-13(8-10-14)12(2)21/h3-11,19H,1-2H3,(H,20,22)/t11-/m0/s1. The van der Waals surface area contributed by atoms with Gasteiger partial charge in [-0.3, -0.25) is 9.59 Å². The smallest absolute Gasteiger partial charge is 0.246 e. The predicted molar refractivity (Wildman–Crippen MR) is 84.6 cm³/mol. The van der Waals surface area contributed by atoms with Gasteiger partial charge in [0.15, 0.2) is 5.78 Å². The number of Topliss-reactive ketones (excluding diaryl/α,β-unsaturated/α-hetero) is 1. The van der Waals surface area contributed by atoms with Crippen LogP contribution in [0.3, 0.4) is 0 Å². The summed E-state index contributed by atoms with van der Waals surface area (Å²) >= 11 is 0. The van der Waals surface area contributed by atoms with Crippen LogP contribution in [0.4, 0.5) is 15.8 Å². The average molecular weight is 300 g/mol. The Morgan fingerprint density at radius 1 is 1.05 bits per heavy atom. The second kappa shape index (κ2) is 6.85. The van der Waals surface area contributed by atoms with Crippen molar-refractivity contribution in [2.24, 2.45) is 0 Å². The fraction of sp³-hybridized carbons (Fsp3) is 0.176. The van der Waals surface area contributed by atoms with E-state index in [4.69, 9.17) is 0 Å². The molecule has 0 spiro atoms. The summed E-state index contributed by atoms with van der Waals surface area (Å²) in [6.45, 7) is 3.12. The molecule has 22 heavy (non-hydrogen) atoms. The molecule has 2 rings (SSSR count). The third-order valence-corrected chi connectivity index (χ3v) is 3.20. The van der Waals surface area contributed by atoms with Crippen molar-refractivity contribution in [2.45, 2.75) is 19.9 Å². The first kappa shape index (κ1) is 15.7.